The second-order valence-corrected chi connectivity index (χ2v) is 11.3. The molecule has 0 fully saturated rings. The second-order valence-electron chi connectivity index (χ2n) is 11.3. The van der Waals surface area contributed by atoms with Crippen LogP contribution < -0.4 is 0 Å². The van der Waals surface area contributed by atoms with Gasteiger partial charge in [-0.2, -0.15) is 0 Å². The molecule has 0 amide bonds. The van der Waals surface area contributed by atoms with Gasteiger partial charge in [0.2, 0.25) is 0 Å². The van der Waals surface area contributed by atoms with Crippen molar-refractivity contribution in [2.45, 2.75) is 0 Å². The largest absolute Gasteiger partial charge is 0.0622 e. The summed E-state index contributed by atoms with van der Waals surface area (Å²) in [5, 5.41) is 0. The molecule has 0 radical (unpaired) electrons. The lowest BCUT2D eigenvalue weighted by Gasteiger charge is -2.09. The molecular formula is C48H38. The van der Waals surface area contributed by atoms with E-state index < -0.39 is 0 Å². The zero-order chi connectivity index (χ0) is 32.6. The highest BCUT2D eigenvalue weighted by Crippen LogP contribution is 2.32. The van der Waals surface area contributed by atoms with Crippen LogP contribution in [0.25, 0.3) is 55.6 Å². The van der Waals surface area contributed by atoms with Crippen molar-refractivity contribution in [3.8, 4) is 55.6 Å². The van der Waals surface area contributed by atoms with E-state index in [9.17, 15) is 0 Å². The van der Waals surface area contributed by atoms with Gasteiger partial charge in [0, 0.05) is 0 Å². The molecule has 48 heavy (non-hydrogen) atoms. The van der Waals surface area contributed by atoms with Crippen molar-refractivity contribution in [1.82, 2.24) is 0 Å². The molecule has 0 N–H and O–H groups in total. The molecule has 8 rings (SSSR count). The van der Waals surface area contributed by atoms with E-state index in [1.54, 1.807) is 0 Å². The van der Waals surface area contributed by atoms with Crippen LogP contribution in [0, 0.1) is 0 Å². The van der Waals surface area contributed by atoms with Crippen LogP contribution in [-0.4, -0.2) is 0 Å². The summed E-state index contributed by atoms with van der Waals surface area (Å²) in [6.45, 7) is 0. The van der Waals surface area contributed by atoms with Crippen LogP contribution in [0.2, 0.25) is 0 Å². The van der Waals surface area contributed by atoms with Gasteiger partial charge in [-0.25, -0.2) is 0 Å². The SMILES string of the molecule is c1ccc(-c2ccccc2)cc1.c1ccc(-c2ccccc2-c2ccccc2)cc1.c1ccc(-c2ccccc2-c2ccccc2)cc1. The molecule has 0 heteroatoms. The Morgan fingerprint density at radius 3 is 0.458 bits per heavy atom. The van der Waals surface area contributed by atoms with Gasteiger partial charge in [0.1, 0.15) is 0 Å². The van der Waals surface area contributed by atoms with Crippen molar-refractivity contribution in [3.63, 3.8) is 0 Å². The Morgan fingerprint density at radius 2 is 0.271 bits per heavy atom. The first-order valence-corrected chi connectivity index (χ1v) is 16.4. The topological polar surface area (TPSA) is 0 Å². The molecule has 0 aromatic heterocycles. The summed E-state index contributed by atoms with van der Waals surface area (Å²) in [6.07, 6.45) is 0. The molecule has 0 saturated carbocycles. The van der Waals surface area contributed by atoms with E-state index in [1.165, 1.54) is 55.6 Å². The van der Waals surface area contributed by atoms with Gasteiger partial charge in [0.05, 0.1) is 0 Å². The maximum Gasteiger partial charge on any atom is -0.0105 e. The summed E-state index contributed by atoms with van der Waals surface area (Å²) in [6, 6.07) is 79.9. The molecule has 0 unspecified atom stereocenters. The van der Waals surface area contributed by atoms with E-state index in [2.05, 4.69) is 218 Å². The Labute approximate surface area is 285 Å². The third-order valence-electron chi connectivity index (χ3n) is 8.07. The van der Waals surface area contributed by atoms with Gasteiger partial charge in [0.25, 0.3) is 0 Å². The molecule has 230 valence electrons. The van der Waals surface area contributed by atoms with Gasteiger partial charge in [0.15, 0.2) is 0 Å². The van der Waals surface area contributed by atoms with E-state index in [0.29, 0.717) is 0 Å². The van der Waals surface area contributed by atoms with Crippen molar-refractivity contribution < 1.29 is 0 Å². The lowest BCUT2D eigenvalue weighted by atomic mass is 9.95. The highest BCUT2D eigenvalue weighted by Gasteiger charge is 2.06. The molecule has 0 spiro atoms. The van der Waals surface area contributed by atoms with Crippen LogP contribution in [0.3, 0.4) is 0 Å². The number of hydrogen-bond donors (Lipinski definition) is 0. The quantitative estimate of drug-likeness (QED) is 0.181. The van der Waals surface area contributed by atoms with Gasteiger partial charge >= 0.3 is 0 Å². The Hall–Kier alpha value is -6.24. The molecule has 0 bridgehead atoms. The predicted octanol–water partition coefficient (Wildman–Crippen LogP) is 13.4. The Balaban J connectivity index is 0.000000128. The average Bonchev–Trinajstić information content (AvgIpc) is 3.20. The van der Waals surface area contributed by atoms with Crippen molar-refractivity contribution >= 4 is 0 Å². The van der Waals surface area contributed by atoms with E-state index in [-0.39, 0.29) is 0 Å². The fourth-order valence-corrected chi connectivity index (χ4v) is 5.71. The molecule has 0 aliphatic carbocycles. The Morgan fingerprint density at radius 1 is 0.125 bits per heavy atom. The van der Waals surface area contributed by atoms with E-state index >= 15 is 0 Å². The van der Waals surface area contributed by atoms with Crippen LogP contribution in [0.5, 0.6) is 0 Å². The summed E-state index contributed by atoms with van der Waals surface area (Å²) in [5.41, 5.74) is 12.7. The summed E-state index contributed by atoms with van der Waals surface area (Å²) >= 11 is 0. The number of rotatable bonds is 5. The summed E-state index contributed by atoms with van der Waals surface area (Å²) in [4.78, 5) is 0. The molecule has 0 aliphatic heterocycles. The predicted molar refractivity (Wildman–Crippen MR) is 207 cm³/mol. The van der Waals surface area contributed by atoms with Gasteiger partial charge < -0.3 is 0 Å². The molecule has 0 saturated heterocycles. The van der Waals surface area contributed by atoms with Crippen molar-refractivity contribution in [2.24, 2.45) is 0 Å². The molecule has 0 heterocycles. The van der Waals surface area contributed by atoms with Crippen molar-refractivity contribution in [3.05, 3.63) is 231 Å². The van der Waals surface area contributed by atoms with Crippen LogP contribution >= 0.6 is 0 Å². The minimum absolute atomic E-state index is 1.26. The Kier molecular flexibility index (Phi) is 11.2. The monoisotopic (exact) mass is 614 g/mol. The van der Waals surface area contributed by atoms with Gasteiger partial charge in [-0.15, -0.1) is 0 Å². The van der Waals surface area contributed by atoms with Crippen LogP contribution in [-0.2, 0) is 0 Å². The Bertz CT molecular complexity index is 1800. The standard InChI is InChI=1S/2C18H14.C12H10/c2*1-3-9-15(10-4-1)17-13-7-8-14-18(17)16-11-5-2-6-12-16;1-3-7-11(8-4-1)12-9-5-2-6-10-12/h2*1-14H;1-10H. The van der Waals surface area contributed by atoms with Crippen LogP contribution in [0.15, 0.2) is 231 Å². The summed E-state index contributed by atoms with van der Waals surface area (Å²) in [7, 11) is 0. The van der Waals surface area contributed by atoms with Gasteiger partial charge in [-0.05, 0) is 55.6 Å². The highest BCUT2D eigenvalue weighted by atomic mass is 14.1. The number of hydrogen-bond acceptors (Lipinski definition) is 0. The maximum absolute atomic E-state index is 2.18. The summed E-state index contributed by atoms with van der Waals surface area (Å²) in [5.74, 6) is 0. The third-order valence-corrected chi connectivity index (χ3v) is 8.07. The molecular weight excluding hydrogens is 577 g/mol. The molecule has 0 aliphatic rings. The van der Waals surface area contributed by atoms with Crippen LogP contribution in [0.4, 0.5) is 0 Å². The first-order valence-electron chi connectivity index (χ1n) is 16.4. The molecule has 8 aromatic carbocycles. The van der Waals surface area contributed by atoms with Gasteiger partial charge in [-0.3, -0.25) is 0 Å². The number of benzene rings is 8. The van der Waals surface area contributed by atoms with Crippen molar-refractivity contribution in [2.75, 3.05) is 0 Å². The minimum atomic E-state index is 1.26. The summed E-state index contributed by atoms with van der Waals surface area (Å²) < 4.78 is 0. The van der Waals surface area contributed by atoms with Crippen LogP contribution in [0.1, 0.15) is 0 Å². The zero-order valence-corrected chi connectivity index (χ0v) is 26.9. The van der Waals surface area contributed by atoms with E-state index in [4.69, 9.17) is 0 Å². The van der Waals surface area contributed by atoms with E-state index in [0.717, 1.165) is 0 Å². The van der Waals surface area contributed by atoms with E-state index in [1.807, 2.05) is 12.1 Å². The zero-order valence-electron chi connectivity index (χ0n) is 26.9. The third kappa shape index (κ3) is 8.51. The highest BCUT2D eigenvalue weighted by molar-refractivity contribution is 5.84. The van der Waals surface area contributed by atoms with Gasteiger partial charge in [-0.1, -0.05) is 231 Å². The fraction of sp³-hybridized carbons (Fsp3) is 0. The maximum atomic E-state index is 2.18. The average molecular weight is 615 g/mol. The normalized spacial score (nSPS) is 10.1. The van der Waals surface area contributed by atoms with Crippen molar-refractivity contribution in [1.29, 1.82) is 0 Å². The molecule has 8 aromatic rings. The first-order chi connectivity index (χ1) is 23.9. The molecule has 0 nitrogen and oxygen atoms in total. The second kappa shape index (κ2) is 16.9. The fourth-order valence-electron chi connectivity index (χ4n) is 5.71. The first kappa shape index (κ1) is 31.7. The smallest absolute Gasteiger partial charge is 0.0105 e. The minimum Gasteiger partial charge on any atom is -0.0622 e. The lowest BCUT2D eigenvalue weighted by Crippen LogP contribution is -1.83. The lowest BCUT2D eigenvalue weighted by molar-refractivity contribution is 1.58. The molecule has 0 atom stereocenters.